The van der Waals surface area contributed by atoms with Gasteiger partial charge in [0.25, 0.3) is 0 Å². The zero-order valence-electron chi connectivity index (χ0n) is 11.0. The Labute approximate surface area is 111 Å². The molecule has 1 aromatic heterocycles. The number of nitrogens with zero attached hydrogens (tertiary/aromatic N) is 2. The number of aromatic nitrogens is 2. The lowest BCUT2D eigenvalue weighted by atomic mass is 10.1. The molecule has 1 N–H and O–H groups in total. The lowest BCUT2D eigenvalue weighted by molar-refractivity contribution is 0.0689. The van der Waals surface area contributed by atoms with E-state index in [1.54, 1.807) is 17.8 Å². The summed E-state index contributed by atoms with van der Waals surface area (Å²) in [6.45, 7) is 2.74. The van der Waals surface area contributed by atoms with Crippen LogP contribution < -0.4 is 4.74 Å². The first kappa shape index (κ1) is 13.1. The monoisotopic (exact) mass is 260 g/mol. The van der Waals surface area contributed by atoms with Gasteiger partial charge in [0.2, 0.25) is 0 Å². The molecule has 2 rings (SSSR count). The Kier molecular flexibility index (Phi) is 3.85. The van der Waals surface area contributed by atoms with Crippen LogP contribution in [0.15, 0.2) is 30.3 Å². The summed E-state index contributed by atoms with van der Waals surface area (Å²) in [5.74, 6) is -0.212. The summed E-state index contributed by atoms with van der Waals surface area (Å²) >= 11 is 0. The first-order valence-corrected chi connectivity index (χ1v) is 6.12. The molecule has 1 heterocycles. The zero-order valence-corrected chi connectivity index (χ0v) is 11.0. The van der Waals surface area contributed by atoms with Crippen LogP contribution in [-0.4, -0.2) is 27.5 Å². The van der Waals surface area contributed by atoms with E-state index in [1.165, 1.54) is 0 Å². The van der Waals surface area contributed by atoms with E-state index in [4.69, 9.17) is 9.84 Å². The van der Waals surface area contributed by atoms with Crippen LogP contribution in [0.25, 0.3) is 11.3 Å². The number of carbonyl (C=O) groups is 1. The summed E-state index contributed by atoms with van der Waals surface area (Å²) in [7, 11) is 1.73. The van der Waals surface area contributed by atoms with Gasteiger partial charge in [-0.05, 0) is 36.8 Å². The lowest BCUT2D eigenvalue weighted by Crippen LogP contribution is -1.99. The van der Waals surface area contributed by atoms with Crippen molar-refractivity contribution < 1.29 is 14.6 Å². The predicted molar refractivity (Wildman–Crippen MR) is 71.4 cm³/mol. The topological polar surface area (TPSA) is 64.3 Å². The number of rotatable bonds is 5. The molecule has 0 radical (unpaired) electrons. The molecule has 5 nitrogen and oxygen atoms in total. The maximum Gasteiger partial charge on any atom is 0.356 e. The molecule has 1 aromatic carbocycles. The van der Waals surface area contributed by atoms with Gasteiger partial charge in [-0.1, -0.05) is 6.92 Å². The number of hydrogen-bond acceptors (Lipinski definition) is 3. The molecule has 0 spiro atoms. The zero-order chi connectivity index (χ0) is 13.8. The van der Waals surface area contributed by atoms with Gasteiger partial charge in [0, 0.05) is 12.6 Å². The van der Waals surface area contributed by atoms with Crippen LogP contribution in [0.2, 0.25) is 0 Å². The molecule has 0 aliphatic carbocycles. The molecule has 0 aliphatic heterocycles. The maximum absolute atomic E-state index is 10.9. The normalized spacial score (nSPS) is 10.4. The molecular formula is C14H16N2O3. The number of benzene rings is 1. The van der Waals surface area contributed by atoms with Crippen LogP contribution in [0, 0.1) is 0 Å². The Bertz CT molecular complexity index is 573. The Morgan fingerprint density at radius 2 is 2.05 bits per heavy atom. The summed E-state index contributed by atoms with van der Waals surface area (Å²) in [5, 5.41) is 12.9. The molecule has 0 saturated heterocycles. The number of aromatic carboxylic acids is 1. The highest BCUT2D eigenvalue weighted by Crippen LogP contribution is 2.23. The summed E-state index contributed by atoms with van der Waals surface area (Å²) in [4.78, 5) is 10.9. The maximum atomic E-state index is 10.9. The third-order valence-electron chi connectivity index (χ3n) is 2.72. The molecule has 0 aliphatic rings. The second-order valence-electron chi connectivity index (χ2n) is 4.22. The van der Waals surface area contributed by atoms with Gasteiger partial charge in [-0.3, -0.25) is 4.68 Å². The van der Waals surface area contributed by atoms with E-state index in [0.717, 1.165) is 23.4 Å². The Morgan fingerprint density at radius 3 is 2.58 bits per heavy atom. The summed E-state index contributed by atoms with van der Waals surface area (Å²) in [6, 6.07) is 9.10. The van der Waals surface area contributed by atoms with E-state index in [9.17, 15) is 4.79 Å². The van der Waals surface area contributed by atoms with Crippen LogP contribution in [-0.2, 0) is 7.05 Å². The summed E-state index contributed by atoms with van der Waals surface area (Å²) < 4.78 is 7.06. The first-order chi connectivity index (χ1) is 9.11. The predicted octanol–water partition coefficient (Wildman–Crippen LogP) is 2.57. The fourth-order valence-corrected chi connectivity index (χ4v) is 1.78. The van der Waals surface area contributed by atoms with Crippen molar-refractivity contribution in [1.29, 1.82) is 0 Å². The van der Waals surface area contributed by atoms with Crippen molar-refractivity contribution in [2.75, 3.05) is 6.61 Å². The van der Waals surface area contributed by atoms with E-state index in [0.29, 0.717) is 6.61 Å². The van der Waals surface area contributed by atoms with E-state index in [-0.39, 0.29) is 5.69 Å². The van der Waals surface area contributed by atoms with Gasteiger partial charge >= 0.3 is 5.97 Å². The second kappa shape index (κ2) is 5.56. The third kappa shape index (κ3) is 2.93. The molecule has 0 atom stereocenters. The molecule has 0 bridgehead atoms. The average Bonchev–Trinajstić information content (AvgIpc) is 2.79. The van der Waals surface area contributed by atoms with Crippen molar-refractivity contribution in [3.8, 4) is 17.0 Å². The molecule has 0 fully saturated rings. The standard InChI is InChI=1S/C14H16N2O3/c1-3-8-19-11-6-4-10(5-7-11)13-9-12(14(17)18)15-16(13)2/h4-7,9H,3,8H2,1-2H3,(H,17,18). The van der Waals surface area contributed by atoms with Crippen molar-refractivity contribution in [2.45, 2.75) is 13.3 Å². The smallest absolute Gasteiger partial charge is 0.356 e. The summed E-state index contributed by atoms with van der Waals surface area (Å²) in [5.41, 5.74) is 1.72. The SMILES string of the molecule is CCCOc1ccc(-c2cc(C(=O)O)nn2C)cc1. The lowest BCUT2D eigenvalue weighted by Gasteiger charge is -2.06. The minimum absolute atomic E-state index is 0.0452. The second-order valence-corrected chi connectivity index (χ2v) is 4.22. The Hall–Kier alpha value is -2.30. The van der Waals surface area contributed by atoms with Crippen LogP contribution in [0.3, 0.4) is 0 Å². The van der Waals surface area contributed by atoms with Crippen molar-refractivity contribution in [3.05, 3.63) is 36.0 Å². The van der Waals surface area contributed by atoms with Crippen LogP contribution in [0.4, 0.5) is 0 Å². The van der Waals surface area contributed by atoms with Gasteiger partial charge in [0.15, 0.2) is 5.69 Å². The number of aryl methyl sites for hydroxylation is 1. The van der Waals surface area contributed by atoms with Gasteiger partial charge in [-0.2, -0.15) is 5.10 Å². The first-order valence-electron chi connectivity index (χ1n) is 6.12. The molecule has 0 unspecified atom stereocenters. The van der Waals surface area contributed by atoms with E-state index in [1.807, 2.05) is 24.3 Å². The Morgan fingerprint density at radius 1 is 1.37 bits per heavy atom. The highest BCUT2D eigenvalue weighted by Gasteiger charge is 2.12. The van der Waals surface area contributed by atoms with Gasteiger partial charge < -0.3 is 9.84 Å². The van der Waals surface area contributed by atoms with Crippen molar-refractivity contribution in [3.63, 3.8) is 0 Å². The molecule has 19 heavy (non-hydrogen) atoms. The van der Waals surface area contributed by atoms with Crippen LogP contribution >= 0.6 is 0 Å². The molecular weight excluding hydrogens is 244 g/mol. The third-order valence-corrected chi connectivity index (χ3v) is 2.72. The average molecular weight is 260 g/mol. The van der Waals surface area contributed by atoms with Crippen LogP contribution in [0.5, 0.6) is 5.75 Å². The molecule has 100 valence electrons. The van der Waals surface area contributed by atoms with Gasteiger partial charge in [0.05, 0.1) is 12.3 Å². The number of carboxylic acid groups (broad SMARTS) is 1. The fraction of sp³-hybridized carbons (Fsp3) is 0.286. The highest BCUT2D eigenvalue weighted by molar-refractivity contribution is 5.87. The van der Waals surface area contributed by atoms with E-state index in [2.05, 4.69) is 12.0 Å². The summed E-state index contributed by atoms with van der Waals surface area (Å²) in [6.07, 6.45) is 0.964. The minimum atomic E-state index is -1.02. The van der Waals surface area contributed by atoms with Gasteiger partial charge in [0.1, 0.15) is 5.75 Å². The largest absolute Gasteiger partial charge is 0.494 e. The van der Waals surface area contributed by atoms with Crippen molar-refractivity contribution in [2.24, 2.45) is 7.05 Å². The molecule has 5 heteroatoms. The van der Waals surface area contributed by atoms with Crippen LogP contribution in [0.1, 0.15) is 23.8 Å². The fourth-order valence-electron chi connectivity index (χ4n) is 1.78. The quantitative estimate of drug-likeness (QED) is 0.897. The number of ether oxygens (including phenoxy) is 1. The minimum Gasteiger partial charge on any atom is -0.494 e. The van der Waals surface area contributed by atoms with E-state index >= 15 is 0 Å². The Balaban J connectivity index is 2.24. The molecule has 0 amide bonds. The van der Waals surface area contributed by atoms with Gasteiger partial charge in [-0.15, -0.1) is 0 Å². The number of carboxylic acids is 1. The molecule has 2 aromatic rings. The van der Waals surface area contributed by atoms with E-state index < -0.39 is 5.97 Å². The van der Waals surface area contributed by atoms with Crippen molar-refractivity contribution in [1.82, 2.24) is 9.78 Å². The number of hydrogen-bond donors (Lipinski definition) is 1. The highest BCUT2D eigenvalue weighted by atomic mass is 16.5. The van der Waals surface area contributed by atoms with Crippen molar-refractivity contribution >= 4 is 5.97 Å². The molecule has 0 saturated carbocycles. The van der Waals surface area contributed by atoms with Gasteiger partial charge in [-0.25, -0.2) is 4.79 Å².